The van der Waals surface area contributed by atoms with Gasteiger partial charge in [0.25, 0.3) is 0 Å². The second-order valence-electron chi connectivity index (χ2n) is 19.5. The molecule has 0 aromatic carbocycles. The molecule has 0 aliphatic heterocycles. The highest BCUT2D eigenvalue weighted by Gasteiger charge is 2.19. The second-order valence-corrected chi connectivity index (χ2v) is 19.5. The van der Waals surface area contributed by atoms with Crippen molar-refractivity contribution in [1.29, 1.82) is 0 Å². The molecule has 0 rings (SSSR count). The van der Waals surface area contributed by atoms with Crippen LogP contribution < -0.4 is 0 Å². The lowest BCUT2D eigenvalue weighted by Gasteiger charge is -2.18. The van der Waals surface area contributed by atoms with E-state index in [1.165, 1.54) is 128 Å². The molecule has 0 saturated carbocycles. The molecule has 0 spiro atoms. The van der Waals surface area contributed by atoms with Crippen molar-refractivity contribution in [2.24, 2.45) is 0 Å². The zero-order chi connectivity index (χ0) is 51.4. The molecule has 0 aliphatic carbocycles. The number of ether oxygens (including phenoxy) is 3. The Hall–Kier alpha value is -3.67. The van der Waals surface area contributed by atoms with Gasteiger partial charge in [-0.05, 0) is 83.5 Å². The molecule has 0 N–H and O–H groups in total. The topological polar surface area (TPSA) is 78.9 Å². The van der Waals surface area contributed by atoms with Gasteiger partial charge in [-0.25, -0.2) is 0 Å². The smallest absolute Gasteiger partial charge is 0.306 e. The van der Waals surface area contributed by atoms with Gasteiger partial charge in [0, 0.05) is 19.3 Å². The highest BCUT2D eigenvalue weighted by Crippen LogP contribution is 2.16. The summed E-state index contributed by atoms with van der Waals surface area (Å²) in [5.41, 5.74) is 0. The summed E-state index contributed by atoms with van der Waals surface area (Å²) in [5, 5.41) is 0. The highest BCUT2D eigenvalue weighted by molar-refractivity contribution is 5.71. The van der Waals surface area contributed by atoms with Gasteiger partial charge < -0.3 is 14.2 Å². The number of esters is 3. The maximum absolute atomic E-state index is 12.8. The molecule has 0 aromatic heterocycles. The molecule has 0 radical (unpaired) electrons. The van der Waals surface area contributed by atoms with Crippen molar-refractivity contribution in [3.63, 3.8) is 0 Å². The fraction of sp³-hybridized carbons (Fsp3) is 0.708. The number of carbonyl (C=O) groups is 3. The van der Waals surface area contributed by atoms with Crippen LogP contribution in [0.25, 0.3) is 0 Å². The zero-order valence-electron chi connectivity index (χ0n) is 46.5. The Kier molecular flexibility index (Phi) is 55.9. The molecule has 0 aliphatic rings. The summed E-state index contributed by atoms with van der Waals surface area (Å²) in [6.07, 6.45) is 78.7. The van der Waals surface area contributed by atoms with E-state index in [1.54, 1.807) is 0 Å². The van der Waals surface area contributed by atoms with Crippen LogP contribution in [0.4, 0.5) is 0 Å². The molecule has 0 saturated heterocycles. The number of carbonyl (C=O) groups excluding carboxylic acids is 3. The summed E-state index contributed by atoms with van der Waals surface area (Å²) in [6, 6.07) is 0. The fourth-order valence-corrected chi connectivity index (χ4v) is 8.16. The molecule has 0 heterocycles. The van der Waals surface area contributed by atoms with Gasteiger partial charge in [-0.1, -0.05) is 272 Å². The van der Waals surface area contributed by atoms with Crippen LogP contribution in [-0.2, 0) is 28.6 Å². The quantitative estimate of drug-likeness (QED) is 0.0261. The first kappa shape index (κ1) is 67.3. The number of hydrogen-bond donors (Lipinski definition) is 0. The Morgan fingerprint density at radius 3 is 0.859 bits per heavy atom. The van der Waals surface area contributed by atoms with Gasteiger partial charge in [0.15, 0.2) is 6.10 Å². The van der Waals surface area contributed by atoms with E-state index >= 15 is 0 Å². The van der Waals surface area contributed by atoms with Crippen molar-refractivity contribution in [2.75, 3.05) is 13.2 Å². The van der Waals surface area contributed by atoms with Gasteiger partial charge in [-0.2, -0.15) is 0 Å². The van der Waals surface area contributed by atoms with Crippen LogP contribution in [0.15, 0.2) is 97.2 Å². The molecule has 0 bridgehead atoms. The van der Waals surface area contributed by atoms with Crippen LogP contribution in [0, 0.1) is 0 Å². The van der Waals surface area contributed by atoms with Gasteiger partial charge in [-0.15, -0.1) is 0 Å². The maximum Gasteiger partial charge on any atom is 0.306 e. The van der Waals surface area contributed by atoms with Crippen LogP contribution >= 0.6 is 0 Å². The van der Waals surface area contributed by atoms with Crippen molar-refractivity contribution < 1.29 is 28.6 Å². The van der Waals surface area contributed by atoms with E-state index in [1.807, 2.05) is 0 Å². The Bertz CT molecular complexity index is 1410. The van der Waals surface area contributed by atoms with E-state index in [-0.39, 0.29) is 31.1 Å². The third-order valence-corrected chi connectivity index (χ3v) is 12.6. The van der Waals surface area contributed by atoms with E-state index in [4.69, 9.17) is 14.2 Å². The predicted molar refractivity (Wildman–Crippen MR) is 307 cm³/mol. The number of unbranched alkanes of at least 4 members (excludes halogenated alkanes) is 26. The third-order valence-electron chi connectivity index (χ3n) is 12.6. The summed E-state index contributed by atoms with van der Waals surface area (Å²) in [5.74, 6) is -0.939. The molecule has 71 heavy (non-hydrogen) atoms. The average Bonchev–Trinajstić information content (AvgIpc) is 3.37. The summed E-state index contributed by atoms with van der Waals surface area (Å²) < 4.78 is 16.7. The summed E-state index contributed by atoms with van der Waals surface area (Å²) >= 11 is 0. The second kappa shape index (κ2) is 58.9. The number of allylic oxidation sites excluding steroid dienone is 16. The molecule has 0 amide bonds. The molecular formula is C65H110O6. The summed E-state index contributed by atoms with van der Waals surface area (Å²) in [6.45, 7) is 6.45. The lowest BCUT2D eigenvalue weighted by molar-refractivity contribution is -0.167. The molecule has 6 nitrogen and oxygen atoms in total. The maximum atomic E-state index is 12.8. The molecule has 6 heteroatoms. The van der Waals surface area contributed by atoms with Crippen LogP contribution in [0.2, 0.25) is 0 Å². The first-order valence-electron chi connectivity index (χ1n) is 29.7. The van der Waals surface area contributed by atoms with Crippen molar-refractivity contribution >= 4 is 17.9 Å². The van der Waals surface area contributed by atoms with E-state index < -0.39 is 6.10 Å². The van der Waals surface area contributed by atoms with E-state index in [0.717, 1.165) is 109 Å². The summed E-state index contributed by atoms with van der Waals surface area (Å²) in [4.78, 5) is 37.9. The van der Waals surface area contributed by atoms with Crippen LogP contribution in [0.1, 0.15) is 278 Å². The Balaban J connectivity index is 4.23. The predicted octanol–water partition coefficient (Wildman–Crippen LogP) is 20.1. The van der Waals surface area contributed by atoms with E-state index in [0.29, 0.717) is 19.3 Å². The van der Waals surface area contributed by atoms with Gasteiger partial charge in [0.05, 0.1) is 0 Å². The van der Waals surface area contributed by atoms with Gasteiger partial charge >= 0.3 is 17.9 Å². The largest absolute Gasteiger partial charge is 0.462 e. The normalized spacial score (nSPS) is 12.8. The third kappa shape index (κ3) is 57.1. The Labute approximate surface area is 438 Å². The average molecular weight is 988 g/mol. The minimum Gasteiger partial charge on any atom is -0.462 e. The lowest BCUT2D eigenvalue weighted by Crippen LogP contribution is -2.30. The van der Waals surface area contributed by atoms with Gasteiger partial charge in [-0.3, -0.25) is 14.4 Å². The molecule has 1 unspecified atom stereocenters. The molecule has 0 fully saturated rings. The van der Waals surface area contributed by atoms with E-state index in [2.05, 4.69) is 118 Å². The van der Waals surface area contributed by atoms with Crippen LogP contribution in [-0.4, -0.2) is 37.2 Å². The van der Waals surface area contributed by atoms with Gasteiger partial charge in [0.1, 0.15) is 13.2 Å². The molecule has 1 atom stereocenters. The first-order valence-corrected chi connectivity index (χ1v) is 29.7. The standard InChI is InChI=1S/C65H110O6/c1-4-7-10-13-16-18-20-22-24-26-28-30-31-32-33-34-35-36-38-39-41-43-45-47-49-52-55-58-64(67)70-61-62(60-69-63(66)57-54-51-15-12-9-6-3)71-65(68)59-56-53-50-48-46-44-42-40-37-29-27-25-23-21-19-17-14-11-8-5-2/h7,10,16,18,22,24,28,30,32-33,35-36,39,41,45,47,62H,4-6,8-9,11-15,17,19-21,23,25-27,29,31,34,37-38,40,42-44,46,48-61H2,1-3H3/b10-7-,18-16-,24-22-,30-28-,33-32-,36-35-,41-39-,47-45-. The highest BCUT2D eigenvalue weighted by atomic mass is 16.6. The lowest BCUT2D eigenvalue weighted by atomic mass is 10.0. The van der Waals surface area contributed by atoms with Crippen molar-refractivity contribution in [3.05, 3.63) is 97.2 Å². The summed E-state index contributed by atoms with van der Waals surface area (Å²) in [7, 11) is 0. The van der Waals surface area contributed by atoms with Crippen LogP contribution in [0.5, 0.6) is 0 Å². The first-order chi connectivity index (χ1) is 35.0. The van der Waals surface area contributed by atoms with Gasteiger partial charge in [0.2, 0.25) is 0 Å². The Morgan fingerprint density at radius 1 is 0.296 bits per heavy atom. The number of hydrogen-bond acceptors (Lipinski definition) is 6. The zero-order valence-corrected chi connectivity index (χ0v) is 46.5. The van der Waals surface area contributed by atoms with Crippen molar-refractivity contribution in [3.8, 4) is 0 Å². The monoisotopic (exact) mass is 987 g/mol. The number of rotatable bonds is 53. The SMILES string of the molecule is CC/C=C\C/C=C\C/C=C\C/C=C\C/C=C\C/C=C\C/C=C\C/C=C\CCCCC(=O)OCC(COC(=O)CCCCCCCC)OC(=O)CCCCCCCCCCCCCCCCCCCCCC. The van der Waals surface area contributed by atoms with Crippen LogP contribution in [0.3, 0.4) is 0 Å². The molecular weight excluding hydrogens is 877 g/mol. The molecule has 0 aromatic rings. The van der Waals surface area contributed by atoms with Crippen molar-refractivity contribution in [2.45, 2.75) is 284 Å². The molecule has 406 valence electrons. The Morgan fingerprint density at radius 2 is 0.549 bits per heavy atom. The van der Waals surface area contributed by atoms with E-state index in [9.17, 15) is 14.4 Å². The minimum atomic E-state index is -0.791. The van der Waals surface area contributed by atoms with Crippen molar-refractivity contribution in [1.82, 2.24) is 0 Å². The fourth-order valence-electron chi connectivity index (χ4n) is 8.16. The minimum absolute atomic E-state index is 0.0897.